The fourth-order valence-corrected chi connectivity index (χ4v) is 4.73. The number of hydrogen-bond donors (Lipinski definition) is 2. The zero-order chi connectivity index (χ0) is 14.4. The number of carbonyl (C=O) groups excluding carboxylic acids is 1. The first-order valence-corrected chi connectivity index (χ1v) is 9.62. The lowest BCUT2D eigenvalue weighted by molar-refractivity contribution is -0.298. The minimum absolute atomic E-state index is 0.209. The number of rotatable bonds is 8. The molecular formula is C9H21O7PSi. The molecule has 0 spiro atoms. The molecule has 2 N–H and O–H groups in total. The molecule has 0 atom stereocenters. The van der Waals surface area contributed by atoms with Crippen LogP contribution in [0.5, 0.6) is 0 Å². The van der Waals surface area contributed by atoms with E-state index in [1.54, 1.807) is 26.9 Å². The average Bonchev–Trinajstić information content (AvgIpc) is 2.14. The van der Waals surface area contributed by atoms with Gasteiger partial charge in [0.25, 0.3) is 5.97 Å². The Hall–Kier alpha value is -0.0831. The molecule has 0 bridgehead atoms. The van der Waals surface area contributed by atoms with Crippen LogP contribution in [0.15, 0.2) is 0 Å². The molecular weight excluding hydrogens is 279 g/mol. The summed E-state index contributed by atoms with van der Waals surface area (Å²) >= 11 is 0. The Bertz CT molecular complexity index is 266. The molecule has 9 heteroatoms. The second kappa shape index (κ2) is 7.49. The maximum absolute atomic E-state index is 11.1. The molecule has 0 rings (SSSR count). The van der Waals surface area contributed by atoms with Gasteiger partial charge in [0.15, 0.2) is 0 Å². The first kappa shape index (κ1) is 17.9. The molecule has 0 radical (unpaired) electrons. The van der Waals surface area contributed by atoms with Gasteiger partial charge in [-0.25, -0.2) is 0 Å². The van der Waals surface area contributed by atoms with Crippen molar-refractivity contribution in [1.82, 2.24) is 0 Å². The van der Waals surface area contributed by atoms with Crippen molar-refractivity contribution in [2.75, 3.05) is 13.2 Å². The van der Waals surface area contributed by atoms with E-state index in [1.807, 2.05) is 0 Å². The van der Waals surface area contributed by atoms with Crippen LogP contribution in [0.4, 0.5) is 0 Å². The van der Waals surface area contributed by atoms with Crippen molar-refractivity contribution in [3.05, 3.63) is 0 Å². The number of ether oxygens (including phenoxy) is 2. The van der Waals surface area contributed by atoms with Crippen LogP contribution in [0.1, 0.15) is 20.8 Å². The maximum Gasteiger partial charge on any atom is 0.348 e. The molecule has 0 fully saturated rings. The van der Waals surface area contributed by atoms with E-state index in [0.717, 1.165) is 0 Å². The summed E-state index contributed by atoms with van der Waals surface area (Å²) < 4.78 is 21.0. The van der Waals surface area contributed by atoms with Crippen LogP contribution in [-0.2, 0) is 23.2 Å². The topological polar surface area (TPSA) is 94.5 Å². The third-order valence-electron chi connectivity index (χ3n) is 2.01. The second-order valence-corrected chi connectivity index (χ2v) is 8.40. The summed E-state index contributed by atoms with van der Waals surface area (Å²) in [6, 6.07) is 0. The fraction of sp³-hybridized carbons (Fsp3) is 0.889. The molecule has 0 saturated carbocycles. The van der Waals surface area contributed by atoms with Crippen molar-refractivity contribution < 1.29 is 33.0 Å². The van der Waals surface area contributed by atoms with Gasteiger partial charge in [0, 0.05) is 20.1 Å². The predicted octanol–water partition coefficient (Wildman–Crippen LogP) is 1.25. The lowest BCUT2D eigenvalue weighted by atomic mass is 10.8. The Labute approximate surface area is 109 Å². The lowest BCUT2D eigenvalue weighted by Gasteiger charge is -2.41. The van der Waals surface area contributed by atoms with E-state index < -0.39 is 28.5 Å². The van der Waals surface area contributed by atoms with Crippen molar-refractivity contribution in [3.8, 4) is 0 Å². The van der Waals surface area contributed by atoms with Crippen LogP contribution in [0.2, 0.25) is 13.1 Å². The van der Waals surface area contributed by atoms with Crippen LogP contribution in [-0.4, -0.2) is 42.9 Å². The van der Waals surface area contributed by atoms with Crippen molar-refractivity contribution in [3.63, 3.8) is 0 Å². The molecule has 0 unspecified atom stereocenters. The van der Waals surface area contributed by atoms with Crippen LogP contribution < -0.4 is 0 Å². The lowest BCUT2D eigenvalue weighted by Crippen LogP contribution is -2.61. The molecule has 0 aromatic carbocycles. The van der Waals surface area contributed by atoms with Gasteiger partial charge >= 0.3 is 22.5 Å². The highest BCUT2D eigenvalue weighted by Gasteiger charge is 2.57. The number of carbonyl (C=O) groups is 1. The van der Waals surface area contributed by atoms with E-state index in [-0.39, 0.29) is 13.2 Å². The highest BCUT2D eigenvalue weighted by Crippen LogP contribution is 2.40. The SMILES string of the molecule is CCOC(OCC)(OP(O)O)[Si](C)(C)OC(C)=O. The van der Waals surface area contributed by atoms with Crippen molar-refractivity contribution in [2.45, 2.75) is 39.5 Å². The summed E-state index contributed by atoms with van der Waals surface area (Å²) in [4.78, 5) is 29.2. The van der Waals surface area contributed by atoms with Crippen molar-refractivity contribution >= 4 is 22.9 Å². The molecule has 0 aromatic heterocycles. The molecule has 0 aliphatic carbocycles. The average molecular weight is 300 g/mol. The van der Waals surface area contributed by atoms with E-state index in [4.69, 9.17) is 28.2 Å². The van der Waals surface area contributed by atoms with E-state index in [1.165, 1.54) is 6.92 Å². The van der Waals surface area contributed by atoms with Gasteiger partial charge in [-0.3, -0.25) is 9.32 Å². The zero-order valence-electron chi connectivity index (χ0n) is 11.3. The first-order chi connectivity index (χ1) is 8.20. The van der Waals surface area contributed by atoms with Crippen molar-refractivity contribution in [1.29, 1.82) is 0 Å². The smallest absolute Gasteiger partial charge is 0.348 e. The van der Waals surface area contributed by atoms with Gasteiger partial charge in [-0.15, -0.1) is 0 Å². The normalized spacial score (nSPS) is 12.9. The molecule has 0 aromatic rings. The first-order valence-electron chi connectivity index (χ1n) is 5.55. The second-order valence-electron chi connectivity index (χ2n) is 3.87. The summed E-state index contributed by atoms with van der Waals surface area (Å²) in [5.74, 6) is -0.501. The highest BCUT2D eigenvalue weighted by atomic mass is 31.2. The van der Waals surface area contributed by atoms with Gasteiger partial charge in [0.2, 0.25) is 0 Å². The van der Waals surface area contributed by atoms with E-state index in [2.05, 4.69) is 0 Å². The summed E-state index contributed by atoms with van der Waals surface area (Å²) in [5.41, 5.74) is -1.72. The Morgan fingerprint density at radius 3 is 1.94 bits per heavy atom. The zero-order valence-corrected chi connectivity index (χ0v) is 13.2. The molecule has 0 aliphatic heterocycles. The van der Waals surface area contributed by atoms with Crippen LogP contribution >= 0.6 is 8.60 Å². The summed E-state index contributed by atoms with van der Waals surface area (Å²) in [7, 11) is -5.68. The highest BCUT2D eigenvalue weighted by molar-refractivity contribution is 7.39. The summed E-state index contributed by atoms with van der Waals surface area (Å²) in [6.45, 7) is 8.36. The Balaban J connectivity index is 5.28. The van der Waals surface area contributed by atoms with E-state index in [0.29, 0.717) is 0 Å². The molecule has 0 amide bonds. The van der Waals surface area contributed by atoms with Crippen LogP contribution in [0.3, 0.4) is 0 Å². The quantitative estimate of drug-likeness (QED) is 0.396. The summed E-state index contributed by atoms with van der Waals surface area (Å²) in [6.07, 6.45) is 0. The van der Waals surface area contributed by atoms with Gasteiger partial charge in [-0.1, -0.05) is 0 Å². The monoisotopic (exact) mass is 300 g/mol. The molecule has 0 heterocycles. The van der Waals surface area contributed by atoms with Gasteiger partial charge in [0.1, 0.15) is 0 Å². The van der Waals surface area contributed by atoms with Crippen molar-refractivity contribution in [2.24, 2.45) is 0 Å². The Morgan fingerprint density at radius 2 is 1.67 bits per heavy atom. The standard InChI is InChI=1S/C9H21O7PSi/c1-6-13-9(14-7-2,16-17(11)12)18(4,5)15-8(3)10/h11-12H,6-7H2,1-5H3. The summed E-state index contributed by atoms with van der Waals surface area (Å²) in [5, 5.41) is 0. The van der Waals surface area contributed by atoms with E-state index >= 15 is 0 Å². The Kier molecular flexibility index (Phi) is 7.46. The van der Waals surface area contributed by atoms with E-state index in [9.17, 15) is 4.79 Å². The minimum atomic E-state index is -2.97. The molecule has 0 saturated heterocycles. The third-order valence-corrected chi connectivity index (χ3v) is 5.25. The number of hydrogen-bond acceptors (Lipinski definition) is 7. The minimum Gasteiger partial charge on any atom is -0.510 e. The van der Waals surface area contributed by atoms with Gasteiger partial charge in [-0.05, 0) is 26.9 Å². The third kappa shape index (κ3) is 4.89. The predicted molar refractivity (Wildman–Crippen MR) is 67.7 cm³/mol. The maximum atomic E-state index is 11.1. The van der Waals surface area contributed by atoms with Gasteiger partial charge in [0.05, 0.1) is 0 Å². The van der Waals surface area contributed by atoms with Crippen LogP contribution in [0, 0.1) is 0 Å². The van der Waals surface area contributed by atoms with Gasteiger partial charge < -0.3 is 23.7 Å². The van der Waals surface area contributed by atoms with Gasteiger partial charge in [-0.2, -0.15) is 0 Å². The fourth-order valence-electron chi connectivity index (χ4n) is 1.46. The molecule has 0 aliphatic rings. The molecule has 7 nitrogen and oxygen atoms in total. The van der Waals surface area contributed by atoms with Crippen LogP contribution in [0.25, 0.3) is 0 Å². The molecule has 18 heavy (non-hydrogen) atoms. The largest absolute Gasteiger partial charge is 0.510 e. The Morgan fingerprint density at radius 1 is 1.22 bits per heavy atom. The molecule has 108 valence electrons.